The Labute approximate surface area is 142 Å². The Morgan fingerprint density at radius 2 is 1.83 bits per heavy atom. The predicted octanol–water partition coefficient (Wildman–Crippen LogP) is 1.80. The fourth-order valence-corrected chi connectivity index (χ4v) is 2.21. The van der Waals surface area contributed by atoms with Gasteiger partial charge < -0.3 is 10.6 Å². The zero-order valence-electron chi connectivity index (χ0n) is 14.3. The van der Waals surface area contributed by atoms with E-state index in [9.17, 15) is 9.59 Å². The summed E-state index contributed by atoms with van der Waals surface area (Å²) in [6.07, 6.45) is 4.20. The molecule has 0 saturated carbocycles. The van der Waals surface area contributed by atoms with E-state index in [0.29, 0.717) is 18.5 Å². The van der Waals surface area contributed by atoms with Gasteiger partial charge in [0.25, 0.3) is 5.91 Å². The van der Waals surface area contributed by atoms with Gasteiger partial charge in [-0.2, -0.15) is 5.10 Å². The molecular formula is C18H24N4O2. The van der Waals surface area contributed by atoms with Crippen LogP contribution in [-0.4, -0.2) is 35.1 Å². The number of H-pyrrole nitrogens is 1. The molecule has 0 aliphatic rings. The van der Waals surface area contributed by atoms with E-state index in [-0.39, 0.29) is 23.8 Å². The predicted molar refractivity (Wildman–Crippen MR) is 92.8 cm³/mol. The second-order valence-corrected chi connectivity index (χ2v) is 6.72. The summed E-state index contributed by atoms with van der Waals surface area (Å²) in [5.41, 5.74) is 2.78. The molecule has 0 saturated heterocycles. The summed E-state index contributed by atoms with van der Waals surface area (Å²) < 4.78 is 0. The molecular weight excluding hydrogens is 304 g/mol. The molecule has 0 atom stereocenters. The van der Waals surface area contributed by atoms with Crippen molar-refractivity contribution in [1.29, 1.82) is 0 Å². The second kappa shape index (κ2) is 7.77. The largest absolute Gasteiger partial charge is 0.354 e. The minimum absolute atomic E-state index is 0.0365. The van der Waals surface area contributed by atoms with Crippen LogP contribution in [0.5, 0.6) is 0 Å². The maximum absolute atomic E-state index is 12.1. The minimum Gasteiger partial charge on any atom is -0.354 e. The summed E-state index contributed by atoms with van der Waals surface area (Å²) >= 11 is 0. The highest BCUT2D eigenvalue weighted by Gasteiger charge is 2.14. The molecule has 1 aromatic carbocycles. The Bertz CT molecular complexity index is 670. The van der Waals surface area contributed by atoms with Crippen LogP contribution < -0.4 is 10.6 Å². The van der Waals surface area contributed by atoms with Gasteiger partial charge in [-0.1, -0.05) is 32.9 Å². The quantitative estimate of drug-likeness (QED) is 0.755. The molecule has 1 aromatic heterocycles. The lowest BCUT2D eigenvalue weighted by atomic mass is 9.87. The normalized spacial score (nSPS) is 11.1. The standard InChI is InChI=1S/C18H24N4O2/c1-18(2,3)15-6-4-14(5-7-15)17(24)20-12-16(23)19-9-8-13-10-21-22-11-13/h4-7,10-11H,8-9,12H2,1-3H3,(H,19,23)(H,20,24)(H,21,22). The molecule has 0 aliphatic carbocycles. The molecule has 3 N–H and O–H groups in total. The Hall–Kier alpha value is -2.63. The molecule has 6 heteroatoms. The Morgan fingerprint density at radius 3 is 2.42 bits per heavy atom. The molecule has 0 aliphatic heterocycles. The van der Waals surface area contributed by atoms with E-state index in [4.69, 9.17) is 0 Å². The molecule has 0 bridgehead atoms. The first-order valence-corrected chi connectivity index (χ1v) is 7.99. The zero-order chi connectivity index (χ0) is 17.6. The highest BCUT2D eigenvalue weighted by atomic mass is 16.2. The van der Waals surface area contributed by atoms with Gasteiger partial charge in [-0.25, -0.2) is 0 Å². The first-order valence-electron chi connectivity index (χ1n) is 7.99. The Morgan fingerprint density at radius 1 is 1.12 bits per heavy atom. The third-order valence-corrected chi connectivity index (χ3v) is 3.71. The maximum atomic E-state index is 12.1. The van der Waals surface area contributed by atoms with E-state index in [1.54, 1.807) is 24.5 Å². The van der Waals surface area contributed by atoms with Gasteiger partial charge >= 0.3 is 0 Å². The molecule has 6 nitrogen and oxygen atoms in total. The van der Waals surface area contributed by atoms with Gasteiger partial charge in [-0.15, -0.1) is 0 Å². The van der Waals surface area contributed by atoms with Crippen LogP contribution in [0.2, 0.25) is 0 Å². The third-order valence-electron chi connectivity index (χ3n) is 3.71. The van der Waals surface area contributed by atoms with Crippen molar-refractivity contribution in [2.24, 2.45) is 0 Å². The Kier molecular flexibility index (Phi) is 5.73. The number of nitrogens with zero attached hydrogens (tertiary/aromatic N) is 1. The van der Waals surface area contributed by atoms with E-state index in [1.807, 2.05) is 12.1 Å². The summed E-state index contributed by atoms with van der Waals surface area (Å²) in [7, 11) is 0. The number of benzene rings is 1. The number of hydrogen-bond acceptors (Lipinski definition) is 3. The highest BCUT2D eigenvalue weighted by Crippen LogP contribution is 2.22. The van der Waals surface area contributed by atoms with Gasteiger partial charge in [-0.05, 0) is 35.1 Å². The Balaban J connectivity index is 1.74. The highest BCUT2D eigenvalue weighted by molar-refractivity contribution is 5.96. The molecule has 128 valence electrons. The molecule has 2 amide bonds. The van der Waals surface area contributed by atoms with E-state index in [2.05, 4.69) is 41.6 Å². The van der Waals surface area contributed by atoms with Crippen LogP contribution in [-0.2, 0) is 16.6 Å². The number of aromatic amines is 1. The van der Waals surface area contributed by atoms with E-state index in [0.717, 1.165) is 11.1 Å². The van der Waals surface area contributed by atoms with Gasteiger partial charge in [0.1, 0.15) is 0 Å². The van der Waals surface area contributed by atoms with Gasteiger partial charge in [0.2, 0.25) is 5.91 Å². The van der Waals surface area contributed by atoms with Crippen LogP contribution in [0.1, 0.15) is 42.3 Å². The second-order valence-electron chi connectivity index (χ2n) is 6.72. The van der Waals surface area contributed by atoms with Gasteiger partial charge in [-0.3, -0.25) is 14.7 Å². The summed E-state index contributed by atoms with van der Waals surface area (Å²) in [4.78, 5) is 23.8. The van der Waals surface area contributed by atoms with E-state index >= 15 is 0 Å². The van der Waals surface area contributed by atoms with Crippen molar-refractivity contribution in [2.75, 3.05) is 13.1 Å². The first-order chi connectivity index (χ1) is 11.4. The number of rotatable bonds is 6. The van der Waals surface area contributed by atoms with Crippen molar-refractivity contribution in [2.45, 2.75) is 32.6 Å². The molecule has 0 spiro atoms. The van der Waals surface area contributed by atoms with Crippen LogP contribution in [0.25, 0.3) is 0 Å². The number of carbonyl (C=O) groups excluding carboxylic acids is 2. The molecule has 2 aromatic rings. The zero-order valence-corrected chi connectivity index (χ0v) is 14.3. The summed E-state index contributed by atoms with van der Waals surface area (Å²) in [5, 5.41) is 12.0. The van der Waals surface area contributed by atoms with Gasteiger partial charge in [0, 0.05) is 18.3 Å². The molecule has 0 fully saturated rings. The van der Waals surface area contributed by atoms with E-state index in [1.165, 1.54) is 0 Å². The van der Waals surface area contributed by atoms with Crippen molar-refractivity contribution in [3.05, 3.63) is 53.3 Å². The van der Waals surface area contributed by atoms with Gasteiger partial charge in [0.15, 0.2) is 0 Å². The topological polar surface area (TPSA) is 86.9 Å². The fourth-order valence-electron chi connectivity index (χ4n) is 2.21. The van der Waals surface area contributed by atoms with Crippen molar-refractivity contribution >= 4 is 11.8 Å². The van der Waals surface area contributed by atoms with Crippen LogP contribution >= 0.6 is 0 Å². The van der Waals surface area contributed by atoms with Crippen LogP contribution in [0.15, 0.2) is 36.7 Å². The molecule has 2 rings (SSSR count). The molecule has 24 heavy (non-hydrogen) atoms. The lowest BCUT2D eigenvalue weighted by Crippen LogP contribution is -2.37. The fraction of sp³-hybridized carbons (Fsp3) is 0.389. The average molecular weight is 328 g/mol. The van der Waals surface area contributed by atoms with Crippen LogP contribution in [0.3, 0.4) is 0 Å². The summed E-state index contributed by atoms with van der Waals surface area (Å²) in [5.74, 6) is -0.460. The lowest BCUT2D eigenvalue weighted by Gasteiger charge is -2.19. The SMILES string of the molecule is CC(C)(C)c1ccc(C(=O)NCC(=O)NCCc2cn[nH]c2)cc1. The van der Waals surface area contributed by atoms with Crippen LogP contribution in [0, 0.1) is 0 Å². The minimum atomic E-state index is -0.250. The molecule has 0 radical (unpaired) electrons. The van der Waals surface area contributed by atoms with E-state index < -0.39 is 0 Å². The van der Waals surface area contributed by atoms with Crippen molar-refractivity contribution in [3.63, 3.8) is 0 Å². The monoisotopic (exact) mass is 328 g/mol. The maximum Gasteiger partial charge on any atom is 0.251 e. The van der Waals surface area contributed by atoms with Crippen molar-refractivity contribution < 1.29 is 9.59 Å². The van der Waals surface area contributed by atoms with Crippen molar-refractivity contribution in [1.82, 2.24) is 20.8 Å². The number of nitrogens with one attached hydrogen (secondary N) is 3. The van der Waals surface area contributed by atoms with Crippen LogP contribution in [0.4, 0.5) is 0 Å². The third kappa shape index (κ3) is 5.22. The number of hydrogen-bond donors (Lipinski definition) is 3. The molecule has 0 unspecified atom stereocenters. The number of amides is 2. The average Bonchev–Trinajstić information content (AvgIpc) is 3.05. The number of aromatic nitrogens is 2. The smallest absolute Gasteiger partial charge is 0.251 e. The summed E-state index contributed by atoms with van der Waals surface area (Å²) in [6.45, 7) is 6.83. The first kappa shape index (κ1) is 17.7. The lowest BCUT2D eigenvalue weighted by molar-refractivity contribution is -0.120. The summed E-state index contributed by atoms with van der Waals surface area (Å²) in [6, 6.07) is 7.46. The van der Waals surface area contributed by atoms with Crippen molar-refractivity contribution in [3.8, 4) is 0 Å². The molecule has 1 heterocycles. The van der Waals surface area contributed by atoms with Gasteiger partial charge in [0.05, 0.1) is 12.7 Å². The number of carbonyl (C=O) groups is 2.